The molecule has 5 nitrogen and oxygen atoms in total. The molecule has 1 aromatic rings. The van der Waals surface area contributed by atoms with E-state index in [1.807, 2.05) is 13.1 Å². The summed E-state index contributed by atoms with van der Waals surface area (Å²) in [5, 5.41) is 9.27. The van der Waals surface area contributed by atoms with Gasteiger partial charge in [0.15, 0.2) is 0 Å². The minimum absolute atomic E-state index is 0.309. The fraction of sp³-hybridized carbons (Fsp3) is 0.571. The van der Waals surface area contributed by atoms with Crippen LogP contribution in [-0.4, -0.2) is 56.5 Å². The quantitative estimate of drug-likeness (QED) is 0.820. The molecule has 1 unspecified atom stereocenters. The molecule has 0 saturated heterocycles. The maximum absolute atomic E-state index is 12.1. The lowest BCUT2D eigenvalue weighted by atomic mass is 10.2. The molecule has 1 rings (SSSR count). The highest BCUT2D eigenvalue weighted by molar-refractivity contribution is 7.89. The molecular formula is C14H24N2O3S. The van der Waals surface area contributed by atoms with Crippen LogP contribution < -0.4 is 0 Å². The summed E-state index contributed by atoms with van der Waals surface area (Å²) in [6.07, 6.45) is 0.379. The van der Waals surface area contributed by atoms with E-state index in [4.69, 9.17) is 0 Å². The lowest BCUT2D eigenvalue weighted by Gasteiger charge is -2.18. The highest BCUT2D eigenvalue weighted by atomic mass is 32.2. The second-order valence-corrected chi connectivity index (χ2v) is 7.46. The first kappa shape index (κ1) is 17.1. The number of hydrogen-bond acceptors (Lipinski definition) is 4. The third-order valence-corrected chi connectivity index (χ3v) is 4.87. The van der Waals surface area contributed by atoms with E-state index in [1.54, 1.807) is 25.1 Å². The standard InChI is InChI=1S/C14H24N2O3S/c1-12(17)8-9-16(4)11-13-6-5-7-14(10-13)20(18,19)15(2)3/h5-7,10,12,17H,8-9,11H2,1-4H3. The molecule has 0 spiro atoms. The van der Waals surface area contributed by atoms with E-state index in [-0.39, 0.29) is 6.10 Å². The van der Waals surface area contributed by atoms with Gasteiger partial charge in [-0.2, -0.15) is 0 Å². The molecule has 0 aliphatic rings. The Hall–Kier alpha value is -0.950. The van der Waals surface area contributed by atoms with Crippen molar-refractivity contribution in [1.82, 2.24) is 9.21 Å². The number of rotatable bonds is 7. The van der Waals surface area contributed by atoms with E-state index >= 15 is 0 Å². The Labute approximate surface area is 121 Å². The van der Waals surface area contributed by atoms with Crippen molar-refractivity contribution >= 4 is 10.0 Å². The van der Waals surface area contributed by atoms with Crippen LogP contribution in [0.3, 0.4) is 0 Å². The van der Waals surface area contributed by atoms with Crippen LogP contribution in [0, 0.1) is 0 Å². The molecule has 1 N–H and O–H groups in total. The molecule has 0 aliphatic heterocycles. The third kappa shape index (κ3) is 4.86. The largest absolute Gasteiger partial charge is 0.393 e. The molecule has 0 heterocycles. The predicted molar refractivity (Wildman–Crippen MR) is 79.9 cm³/mol. The second-order valence-electron chi connectivity index (χ2n) is 5.31. The fourth-order valence-electron chi connectivity index (χ4n) is 1.81. The Morgan fingerprint density at radius 2 is 1.90 bits per heavy atom. The maximum atomic E-state index is 12.1. The molecule has 0 aliphatic carbocycles. The van der Waals surface area contributed by atoms with E-state index in [0.29, 0.717) is 17.9 Å². The first-order valence-corrected chi connectivity index (χ1v) is 8.05. The predicted octanol–water partition coefficient (Wildman–Crippen LogP) is 1.14. The zero-order valence-corrected chi connectivity index (χ0v) is 13.4. The average Bonchev–Trinajstić information content (AvgIpc) is 2.36. The zero-order chi connectivity index (χ0) is 15.3. The summed E-state index contributed by atoms with van der Waals surface area (Å²) < 4.78 is 25.3. The molecule has 114 valence electrons. The van der Waals surface area contributed by atoms with Gasteiger partial charge in [-0.3, -0.25) is 0 Å². The van der Waals surface area contributed by atoms with Gasteiger partial charge in [0, 0.05) is 27.2 Å². The van der Waals surface area contributed by atoms with Gasteiger partial charge in [-0.25, -0.2) is 12.7 Å². The second kappa shape index (κ2) is 7.17. The van der Waals surface area contributed by atoms with Crippen molar-refractivity contribution in [1.29, 1.82) is 0 Å². The van der Waals surface area contributed by atoms with Gasteiger partial charge in [-0.1, -0.05) is 12.1 Å². The van der Waals surface area contributed by atoms with Crippen LogP contribution in [0.15, 0.2) is 29.2 Å². The van der Waals surface area contributed by atoms with Gasteiger partial charge in [0.05, 0.1) is 11.0 Å². The van der Waals surface area contributed by atoms with E-state index in [0.717, 1.165) is 12.1 Å². The first-order valence-electron chi connectivity index (χ1n) is 6.61. The van der Waals surface area contributed by atoms with E-state index in [1.165, 1.54) is 18.4 Å². The van der Waals surface area contributed by atoms with Crippen molar-refractivity contribution in [2.24, 2.45) is 0 Å². The van der Waals surface area contributed by atoms with Crippen molar-refractivity contribution in [2.45, 2.75) is 30.9 Å². The summed E-state index contributed by atoms with van der Waals surface area (Å²) in [7, 11) is 1.62. The van der Waals surface area contributed by atoms with Gasteiger partial charge in [-0.05, 0) is 38.1 Å². The Bertz CT molecular complexity index is 527. The van der Waals surface area contributed by atoms with Crippen molar-refractivity contribution in [2.75, 3.05) is 27.7 Å². The first-order chi connectivity index (χ1) is 9.23. The number of nitrogens with zero attached hydrogens (tertiary/aromatic N) is 2. The maximum Gasteiger partial charge on any atom is 0.242 e. The van der Waals surface area contributed by atoms with Crippen LogP contribution in [0.25, 0.3) is 0 Å². The van der Waals surface area contributed by atoms with Crippen LogP contribution in [-0.2, 0) is 16.6 Å². The summed E-state index contributed by atoms with van der Waals surface area (Å²) in [4.78, 5) is 2.37. The number of benzene rings is 1. The molecule has 20 heavy (non-hydrogen) atoms. The highest BCUT2D eigenvalue weighted by Gasteiger charge is 2.17. The molecule has 1 atom stereocenters. The fourth-order valence-corrected chi connectivity index (χ4v) is 2.79. The lowest BCUT2D eigenvalue weighted by Crippen LogP contribution is -2.24. The van der Waals surface area contributed by atoms with Crippen molar-refractivity contribution in [3.05, 3.63) is 29.8 Å². The lowest BCUT2D eigenvalue weighted by molar-refractivity contribution is 0.163. The number of aliphatic hydroxyl groups excluding tert-OH is 1. The topological polar surface area (TPSA) is 60.9 Å². The number of aliphatic hydroxyl groups is 1. The molecule has 0 aromatic heterocycles. The Morgan fingerprint density at radius 1 is 1.25 bits per heavy atom. The Balaban J connectivity index is 2.79. The summed E-state index contributed by atoms with van der Waals surface area (Å²) in [5.74, 6) is 0. The molecule has 0 radical (unpaired) electrons. The van der Waals surface area contributed by atoms with Crippen LogP contribution in [0.5, 0.6) is 0 Å². The molecule has 0 amide bonds. The molecule has 0 saturated carbocycles. The molecular weight excluding hydrogens is 276 g/mol. The van der Waals surface area contributed by atoms with E-state index < -0.39 is 10.0 Å². The zero-order valence-electron chi connectivity index (χ0n) is 12.6. The smallest absolute Gasteiger partial charge is 0.242 e. The summed E-state index contributed by atoms with van der Waals surface area (Å²) in [6.45, 7) is 3.18. The minimum Gasteiger partial charge on any atom is -0.393 e. The van der Waals surface area contributed by atoms with Crippen molar-refractivity contribution < 1.29 is 13.5 Å². The molecule has 6 heteroatoms. The number of sulfonamides is 1. The van der Waals surface area contributed by atoms with Crippen LogP contribution in [0.4, 0.5) is 0 Å². The van der Waals surface area contributed by atoms with Crippen molar-refractivity contribution in [3.8, 4) is 0 Å². The van der Waals surface area contributed by atoms with Gasteiger partial charge >= 0.3 is 0 Å². The van der Waals surface area contributed by atoms with Gasteiger partial charge in [-0.15, -0.1) is 0 Å². The van der Waals surface area contributed by atoms with Crippen LogP contribution >= 0.6 is 0 Å². The molecule has 0 fully saturated rings. The van der Waals surface area contributed by atoms with Gasteiger partial charge in [0.25, 0.3) is 0 Å². The van der Waals surface area contributed by atoms with Gasteiger partial charge in [0.2, 0.25) is 10.0 Å². The number of hydrogen-bond donors (Lipinski definition) is 1. The van der Waals surface area contributed by atoms with E-state index in [9.17, 15) is 13.5 Å². The third-order valence-electron chi connectivity index (χ3n) is 3.06. The van der Waals surface area contributed by atoms with Gasteiger partial charge < -0.3 is 10.0 Å². The molecule has 0 bridgehead atoms. The van der Waals surface area contributed by atoms with Gasteiger partial charge in [0.1, 0.15) is 0 Å². The summed E-state index contributed by atoms with van der Waals surface area (Å²) >= 11 is 0. The minimum atomic E-state index is -3.39. The molecule has 1 aromatic carbocycles. The monoisotopic (exact) mass is 300 g/mol. The Kier molecular flexibility index (Phi) is 6.13. The van der Waals surface area contributed by atoms with Crippen molar-refractivity contribution in [3.63, 3.8) is 0 Å². The normalized spacial score (nSPS) is 13.9. The Morgan fingerprint density at radius 3 is 2.45 bits per heavy atom. The average molecular weight is 300 g/mol. The summed E-state index contributed by atoms with van der Waals surface area (Å²) in [6, 6.07) is 6.98. The van der Waals surface area contributed by atoms with E-state index in [2.05, 4.69) is 4.90 Å². The SMILES string of the molecule is CC(O)CCN(C)Cc1cccc(S(=O)(=O)N(C)C)c1. The van der Waals surface area contributed by atoms with Crippen LogP contribution in [0.2, 0.25) is 0 Å². The summed E-state index contributed by atoms with van der Waals surface area (Å²) in [5.41, 5.74) is 0.945. The van der Waals surface area contributed by atoms with Crippen LogP contribution in [0.1, 0.15) is 18.9 Å². The highest BCUT2D eigenvalue weighted by Crippen LogP contribution is 2.15.